The zero-order valence-electron chi connectivity index (χ0n) is 15.7. The number of benzene rings is 1. The molecule has 1 amide bonds. The van der Waals surface area contributed by atoms with Crippen molar-refractivity contribution in [1.29, 1.82) is 0 Å². The molecule has 6 nitrogen and oxygen atoms in total. The predicted molar refractivity (Wildman–Crippen MR) is 104 cm³/mol. The summed E-state index contributed by atoms with van der Waals surface area (Å²) in [5.41, 5.74) is 3.13. The van der Waals surface area contributed by atoms with Crippen LogP contribution in [0.15, 0.2) is 59.4 Å². The van der Waals surface area contributed by atoms with Gasteiger partial charge in [-0.05, 0) is 44.6 Å². The lowest BCUT2D eigenvalue weighted by Gasteiger charge is -2.16. The average Bonchev–Trinajstić information content (AvgIpc) is 3.08. The third-order valence-corrected chi connectivity index (χ3v) is 4.34. The maximum atomic E-state index is 12.6. The van der Waals surface area contributed by atoms with Crippen molar-refractivity contribution in [2.24, 2.45) is 0 Å². The Morgan fingerprint density at radius 2 is 1.89 bits per heavy atom. The first-order valence-electron chi connectivity index (χ1n) is 9.02. The molecule has 1 N–H and O–H groups in total. The predicted octanol–water partition coefficient (Wildman–Crippen LogP) is 3.30. The Morgan fingerprint density at radius 3 is 2.63 bits per heavy atom. The van der Waals surface area contributed by atoms with Gasteiger partial charge in [0.05, 0.1) is 0 Å². The maximum absolute atomic E-state index is 12.6. The zero-order chi connectivity index (χ0) is 19.1. The molecule has 3 aromatic rings. The fourth-order valence-electron chi connectivity index (χ4n) is 2.96. The minimum absolute atomic E-state index is 0.161. The summed E-state index contributed by atoms with van der Waals surface area (Å²) in [5.74, 6) is 0.354. The van der Waals surface area contributed by atoms with Crippen LogP contribution in [-0.4, -0.2) is 41.1 Å². The number of pyridine rings is 1. The van der Waals surface area contributed by atoms with Gasteiger partial charge in [-0.3, -0.25) is 9.78 Å². The minimum atomic E-state index is -0.161. The molecule has 0 atom stereocenters. The Balaban J connectivity index is 1.51. The van der Waals surface area contributed by atoms with Crippen LogP contribution in [0.3, 0.4) is 0 Å². The summed E-state index contributed by atoms with van der Waals surface area (Å²) in [6, 6.07) is 14.0. The number of hydrogen-bond acceptors (Lipinski definition) is 5. The average molecular weight is 364 g/mol. The summed E-state index contributed by atoms with van der Waals surface area (Å²) in [6.07, 6.45) is 4.21. The van der Waals surface area contributed by atoms with E-state index in [0.717, 1.165) is 25.1 Å². The highest BCUT2D eigenvalue weighted by Crippen LogP contribution is 2.24. The minimum Gasteiger partial charge on any atom is -0.360 e. The van der Waals surface area contributed by atoms with Crippen LogP contribution in [0.25, 0.3) is 11.3 Å². The summed E-state index contributed by atoms with van der Waals surface area (Å²) in [4.78, 5) is 18.9. The molecule has 0 aliphatic heterocycles. The fourth-order valence-corrected chi connectivity index (χ4v) is 2.96. The van der Waals surface area contributed by atoms with Crippen molar-refractivity contribution >= 4 is 5.91 Å². The number of aromatic nitrogens is 2. The molecule has 2 heterocycles. The van der Waals surface area contributed by atoms with Crippen molar-refractivity contribution in [2.75, 3.05) is 20.1 Å². The van der Waals surface area contributed by atoms with Gasteiger partial charge in [0.1, 0.15) is 17.0 Å². The number of rotatable bonds is 8. The van der Waals surface area contributed by atoms with Crippen molar-refractivity contribution in [1.82, 2.24) is 20.4 Å². The highest BCUT2D eigenvalue weighted by Gasteiger charge is 2.21. The van der Waals surface area contributed by atoms with Crippen LogP contribution in [0.4, 0.5) is 0 Å². The molecule has 2 aromatic heterocycles. The van der Waals surface area contributed by atoms with Crippen LogP contribution < -0.4 is 5.32 Å². The summed E-state index contributed by atoms with van der Waals surface area (Å²) >= 11 is 0. The van der Waals surface area contributed by atoms with Crippen LogP contribution in [0.1, 0.15) is 28.1 Å². The topological polar surface area (TPSA) is 71.3 Å². The van der Waals surface area contributed by atoms with Crippen molar-refractivity contribution < 1.29 is 9.32 Å². The third-order valence-electron chi connectivity index (χ3n) is 4.34. The molecule has 0 saturated carbocycles. The highest BCUT2D eigenvalue weighted by molar-refractivity contribution is 6.00. The van der Waals surface area contributed by atoms with E-state index >= 15 is 0 Å². The third kappa shape index (κ3) is 5.01. The van der Waals surface area contributed by atoms with Gasteiger partial charge in [0.25, 0.3) is 5.91 Å². The SMILES string of the molecule is Cc1onc(-c2ccncc2)c1C(=O)NCCCN(C)Cc1ccccc1. The summed E-state index contributed by atoms with van der Waals surface area (Å²) in [5, 5.41) is 7.01. The molecule has 0 saturated heterocycles. The normalized spacial score (nSPS) is 10.9. The van der Waals surface area contributed by atoms with Gasteiger partial charge in [0.2, 0.25) is 0 Å². The zero-order valence-corrected chi connectivity index (χ0v) is 15.7. The van der Waals surface area contributed by atoms with E-state index in [2.05, 4.69) is 39.5 Å². The Hall–Kier alpha value is -2.99. The Bertz CT molecular complexity index is 862. The summed E-state index contributed by atoms with van der Waals surface area (Å²) in [7, 11) is 2.08. The van der Waals surface area contributed by atoms with E-state index in [9.17, 15) is 4.79 Å². The lowest BCUT2D eigenvalue weighted by Crippen LogP contribution is -2.28. The number of aryl methyl sites for hydroxylation is 1. The second-order valence-corrected chi connectivity index (χ2v) is 6.53. The number of nitrogens with zero attached hydrogens (tertiary/aromatic N) is 3. The molecular weight excluding hydrogens is 340 g/mol. The van der Waals surface area contributed by atoms with E-state index in [1.54, 1.807) is 19.3 Å². The van der Waals surface area contributed by atoms with Crippen molar-refractivity contribution in [3.63, 3.8) is 0 Å². The molecule has 0 aliphatic carbocycles. The van der Waals surface area contributed by atoms with Gasteiger partial charge in [0, 0.05) is 31.0 Å². The van der Waals surface area contributed by atoms with Gasteiger partial charge in [-0.2, -0.15) is 0 Å². The molecule has 0 radical (unpaired) electrons. The number of nitrogens with one attached hydrogen (secondary N) is 1. The number of carbonyl (C=O) groups is 1. The number of amides is 1. The van der Waals surface area contributed by atoms with Crippen LogP contribution >= 0.6 is 0 Å². The quantitative estimate of drug-likeness (QED) is 0.621. The van der Waals surface area contributed by atoms with E-state index in [1.165, 1.54) is 5.56 Å². The Morgan fingerprint density at radius 1 is 1.15 bits per heavy atom. The van der Waals surface area contributed by atoms with Gasteiger partial charge in [-0.25, -0.2) is 0 Å². The van der Waals surface area contributed by atoms with E-state index in [4.69, 9.17) is 4.52 Å². The maximum Gasteiger partial charge on any atom is 0.257 e. The van der Waals surface area contributed by atoms with Crippen LogP contribution in [-0.2, 0) is 6.54 Å². The van der Waals surface area contributed by atoms with Crippen molar-refractivity contribution in [3.05, 3.63) is 71.7 Å². The van der Waals surface area contributed by atoms with Gasteiger partial charge < -0.3 is 14.7 Å². The van der Waals surface area contributed by atoms with Crippen LogP contribution in [0.2, 0.25) is 0 Å². The van der Waals surface area contributed by atoms with E-state index in [1.807, 2.05) is 30.3 Å². The fraction of sp³-hybridized carbons (Fsp3) is 0.286. The molecule has 0 unspecified atom stereocenters. The second-order valence-electron chi connectivity index (χ2n) is 6.53. The molecule has 140 valence electrons. The van der Waals surface area contributed by atoms with E-state index < -0.39 is 0 Å². The van der Waals surface area contributed by atoms with Gasteiger partial charge >= 0.3 is 0 Å². The second kappa shape index (κ2) is 9.09. The number of carbonyl (C=O) groups excluding carboxylic acids is 1. The lowest BCUT2D eigenvalue weighted by atomic mass is 10.1. The standard InChI is InChI=1S/C21H24N4O2/c1-16-19(20(24-27-16)18-9-12-22-13-10-18)21(26)23-11-6-14-25(2)15-17-7-4-3-5-8-17/h3-5,7-10,12-13H,6,11,14-15H2,1-2H3,(H,23,26). The highest BCUT2D eigenvalue weighted by atomic mass is 16.5. The molecular formula is C21H24N4O2. The first-order valence-corrected chi connectivity index (χ1v) is 9.02. The van der Waals surface area contributed by atoms with Gasteiger partial charge in [0.15, 0.2) is 0 Å². The molecule has 27 heavy (non-hydrogen) atoms. The first kappa shape index (κ1) is 18.8. The largest absolute Gasteiger partial charge is 0.360 e. The molecule has 1 aromatic carbocycles. The molecule has 0 bridgehead atoms. The smallest absolute Gasteiger partial charge is 0.257 e. The molecule has 0 spiro atoms. The monoisotopic (exact) mass is 364 g/mol. The molecule has 0 aliphatic rings. The van der Waals surface area contributed by atoms with Crippen LogP contribution in [0, 0.1) is 6.92 Å². The van der Waals surface area contributed by atoms with Crippen molar-refractivity contribution in [2.45, 2.75) is 19.9 Å². The van der Waals surface area contributed by atoms with Gasteiger partial charge in [-0.1, -0.05) is 35.5 Å². The van der Waals surface area contributed by atoms with E-state index in [-0.39, 0.29) is 5.91 Å². The van der Waals surface area contributed by atoms with Crippen molar-refractivity contribution in [3.8, 4) is 11.3 Å². The van der Waals surface area contributed by atoms with Gasteiger partial charge in [-0.15, -0.1) is 0 Å². The lowest BCUT2D eigenvalue weighted by molar-refractivity contribution is 0.0951. The van der Waals surface area contributed by atoms with E-state index in [0.29, 0.717) is 23.6 Å². The van der Waals surface area contributed by atoms with Crippen LogP contribution in [0.5, 0.6) is 0 Å². The molecule has 6 heteroatoms. The first-order chi connectivity index (χ1) is 13.1. The summed E-state index contributed by atoms with van der Waals surface area (Å²) in [6.45, 7) is 4.14. The molecule has 0 fully saturated rings. The Labute approximate surface area is 159 Å². The molecule has 3 rings (SSSR count). The number of hydrogen-bond donors (Lipinski definition) is 1. The summed E-state index contributed by atoms with van der Waals surface area (Å²) < 4.78 is 5.24. The Kier molecular flexibility index (Phi) is 6.33.